The van der Waals surface area contributed by atoms with Crippen molar-refractivity contribution in [1.29, 1.82) is 0 Å². The highest BCUT2D eigenvalue weighted by atomic mass is 32.2. The summed E-state index contributed by atoms with van der Waals surface area (Å²) in [5, 5.41) is 5.32. The first kappa shape index (κ1) is 24.6. The summed E-state index contributed by atoms with van der Waals surface area (Å²) in [4.78, 5) is 41.6. The van der Waals surface area contributed by atoms with Crippen molar-refractivity contribution in [3.63, 3.8) is 0 Å². The number of thioether (sulfide) groups is 1. The quantitative estimate of drug-likeness (QED) is 0.292. The maximum absolute atomic E-state index is 12.8. The van der Waals surface area contributed by atoms with Crippen LogP contribution in [0.15, 0.2) is 22.4 Å². The number of amides is 3. The van der Waals surface area contributed by atoms with Crippen molar-refractivity contribution in [1.82, 2.24) is 4.90 Å². The Morgan fingerprint density at radius 3 is 2.75 bits per heavy atom. The average Bonchev–Trinajstić information content (AvgIpc) is 3.33. The van der Waals surface area contributed by atoms with Gasteiger partial charge in [0.25, 0.3) is 11.8 Å². The van der Waals surface area contributed by atoms with Crippen LogP contribution in [0.25, 0.3) is 6.08 Å². The Morgan fingerprint density at radius 1 is 1.28 bits per heavy atom. The van der Waals surface area contributed by atoms with Gasteiger partial charge in [-0.2, -0.15) is 0 Å². The standard InChI is InChI=1S/C22H25N3O3S4/c1-25(22(28)17(31-13-29)12-14-6-5-11-30-14)10-9-18(26)24-21-19(20(23)27)15-7-3-2-4-8-16(15)32-21/h5-6,11-13H,2-4,7-10H2,1H3,(H2,23,27)(H,24,26)/b17-12+. The molecule has 10 heteroatoms. The molecule has 3 rings (SSSR count). The fourth-order valence-electron chi connectivity index (χ4n) is 3.54. The third kappa shape index (κ3) is 6.28. The van der Waals surface area contributed by atoms with E-state index in [1.165, 1.54) is 44.0 Å². The molecule has 0 atom stereocenters. The first-order valence-electron chi connectivity index (χ1n) is 10.3. The number of rotatable bonds is 9. The van der Waals surface area contributed by atoms with Gasteiger partial charge < -0.3 is 16.0 Å². The number of likely N-dealkylation sites (N-methyl/N-ethyl adjacent to an activating group) is 1. The molecular formula is C22H25N3O3S4. The molecule has 1 aliphatic carbocycles. The molecule has 0 fully saturated rings. The summed E-state index contributed by atoms with van der Waals surface area (Å²) < 4.78 is 1.45. The highest BCUT2D eigenvalue weighted by molar-refractivity contribution is 8.24. The van der Waals surface area contributed by atoms with E-state index in [0.29, 0.717) is 15.5 Å². The number of fused-ring (bicyclic) bond motifs is 1. The molecule has 32 heavy (non-hydrogen) atoms. The molecule has 2 aromatic rings. The molecule has 0 saturated heterocycles. The predicted octanol–water partition coefficient (Wildman–Crippen LogP) is 4.70. The molecule has 6 nitrogen and oxygen atoms in total. The van der Waals surface area contributed by atoms with Crippen molar-refractivity contribution in [2.75, 3.05) is 18.9 Å². The molecule has 0 aliphatic heterocycles. The summed E-state index contributed by atoms with van der Waals surface area (Å²) >= 11 is 9.08. The van der Waals surface area contributed by atoms with Crippen LogP contribution in [0.3, 0.4) is 0 Å². The van der Waals surface area contributed by atoms with E-state index in [4.69, 9.17) is 18.0 Å². The van der Waals surface area contributed by atoms with Crippen LogP contribution in [-0.2, 0) is 22.4 Å². The zero-order valence-corrected chi connectivity index (χ0v) is 21.0. The number of nitrogens with one attached hydrogen (secondary N) is 1. The molecule has 2 aromatic heterocycles. The number of hydrogen-bond acceptors (Lipinski definition) is 7. The van der Waals surface area contributed by atoms with Crippen LogP contribution >= 0.6 is 46.7 Å². The van der Waals surface area contributed by atoms with Crippen molar-refractivity contribution in [2.24, 2.45) is 5.73 Å². The van der Waals surface area contributed by atoms with E-state index in [2.05, 4.69) is 5.32 Å². The first-order chi connectivity index (χ1) is 15.4. The second-order valence-corrected chi connectivity index (χ2v) is 10.9. The number of carbonyl (C=O) groups is 3. The summed E-state index contributed by atoms with van der Waals surface area (Å²) in [6.07, 6.45) is 6.86. The smallest absolute Gasteiger partial charge is 0.260 e. The fraction of sp³-hybridized carbons (Fsp3) is 0.364. The largest absolute Gasteiger partial charge is 0.365 e. The monoisotopic (exact) mass is 507 g/mol. The van der Waals surface area contributed by atoms with Crippen molar-refractivity contribution >= 4 is 80.2 Å². The number of carbonyl (C=O) groups excluding carboxylic acids is 3. The average molecular weight is 508 g/mol. The number of thiophene rings is 2. The number of primary amides is 1. The summed E-state index contributed by atoms with van der Waals surface area (Å²) in [5.74, 6) is -0.958. The zero-order chi connectivity index (χ0) is 23.1. The molecular weight excluding hydrogens is 483 g/mol. The Kier molecular flexibility index (Phi) is 9.03. The number of aryl methyl sites for hydroxylation is 1. The Hall–Kier alpha value is -2.01. The second-order valence-electron chi connectivity index (χ2n) is 7.40. The lowest BCUT2D eigenvalue weighted by molar-refractivity contribution is -0.125. The Bertz CT molecular complexity index is 1030. The van der Waals surface area contributed by atoms with Gasteiger partial charge >= 0.3 is 0 Å². The van der Waals surface area contributed by atoms with Crippen molar-refractivity contribution in [3.05, 3.63) is 43.3 Å². The molecule has 1 aliphatic rings. The highest BCUT2D eigenvalue weighted by Gasteiger charge is 2.24. The van der Waals surface area contributed by atoms with E-state index < -0.39 is 5.91 Å². The van der Waals surface area contributed by atoms with E-state index in [1.54, 1.807) is 13.1 Å². The number of thiocarbonyl (C=S) groups is 1. The summed E-state index contributed by atoms with van der Waals surface area (Å²) in [6, 6.07) is 3.84. The summed E-state index contributed by atoms with van der Waals surface area (Å²) in [7, 11) is 1.66. The SMILES string of the molecule is CN(CCC(=O)Nc1sc2c(c1C(N)=O)CCCCC2)C(=O)/C(=C\c1cccs1)SC=S. The van der Waals surface area contributed by atoms with Gasteiger partial charge in [0.2, 0.25) is 5.91 Å². The minimum Gasteiger partial charge on any atom is -0.365 e. The van der Waals surface area contributed by atoms with E-state index in [-0.39, 0.29) is 24.8 Å². The maximum Gasteiger partial charge on any atom is 0.260 e. The number of nitrogens with two attached hydrogens (primary N) is 1. The molecule has 3 amide bonds. The Labute approximate surface area is 205 Å². The van der Waals surface area contributed by atoms with Gasteiger partial charge in [-0.25, -0.2) is 0 Å². The minimum atomic E-state index is -0.507. The predicted molar refractivity (Wildman–Crippen MR) is 139 cm³/mol. The summed E-state index contributed by atoms with van der Waals surface area (Å²) in [5.41, 5.74) is 7.07. The zero-order valence-electron chi connectivity index (χ0n) is 17.7. The van der Waals surface area contributed by atoms with Crippen LogP contribution in [0, 0.1) is 0 Å². The van der Waals surface area contributed by atoms with Crippen molar-refractivity contribution < 1.29 is 14.4 Å². The molecule has 0 unspecified atom stereocenters. The van der Waals surface area contributed by atoms with Crippen LogP contribution in [0.2, 0.25) is 0 Å². The van der Waals surface area contributed by atoms with Gasteiger partial charge in [0, 0.05) is 34.5 Å². The fourth-order valence-corrected chi connectivity index (χ4v) is 6.45. The minimum absolute atomic E-state index is 0.109. The topological polar surface area (TPSA) is 92.5 Å². The van der Waals surface area contributed by atoms with Gasteiger partial charge in [-0.3, -0.25) is 14.4 Å². The van der Waals surface area contributed by atoms with Crippen molar-refractivity contribution in [3.8, 4) is 0 Å². The van der Waals surface area contributed by atoms with Gasteiger partial charge in [-0.1, -0.05) is 36.5 Å². The normalized spacial score (nSPS) is 13.7. The number of anilines is 1. The molecule has 3 N–H and O–H groups in total. The molecule has 0 spiro atoms. The third-order valence-corrected chi connectivity index (χ3v) is 8.10. The van der Waals surface area contributed by atoms with Crippen LogP contribution in [0.4, 0.5) is 5.00 Å². The van der Waals surface area contributed by atoms with Crippen LogP contribution in [-0.4, -0.2) is 40.9 Å². The van der Waals surface area contributed by atoms with E-state index in [9.17, 15) is 14.4 Å². The van der Waals surface area contributed by atoms with Gasteiger partial charge in [0.1, 0.15) is 5.00 Å². The van der Waals surface area contributed by atoms with Crippen LogP contribution in [0.5, 0.6) is 0 Å². The molecule has 0 saturated carbocycles. The van der Waals surface area contributed by atoms with Gasteiger partial charge in [-0.15, -0.1) is 22.7 Å². The van der Waals surface area contributed by atoms with Crippen molar-refractivity contribution in [2.45, 2.75) is 38.5 Å². The molecule has 2 heterocycles. The molecule has 0 bridgehead atoms. The van der Waals surface area contributed by atoms with E-state index in [1.807, 2.05) is 17.5 Å². The Morgan fingerprint density at radius 2 is 2.06 bits per heavy atom. The number of hydrogen-bond donors (Lipinski definition) is 2. The van der Waals surface area contributed by atoms with Gasteiger partial charge in [-0.05, 0) is 48.8 Å². The molecule has 0 aromatic carbocycles. The van der Waals surface area contributed by atoms with E-state index in [0.717, 1.165) is 47.4 Å². The lowest BCUT2D eigenvalue weighted by Crippen LogP contribution is -2.30. The van der Waals surface area contributed by atoms with Gasteiger partial charge in [0.05, 0.1) is 10.5 Å². The third-order valence-electron chi connectivity index (χ3n) is 5.14. The molecule has 170 valence electrons. The molecule has 0 radical (unpaired) electrons. The van der Waals surface area contributed by atoms with Crippen LogP contribution in [0.1, 0.15) is 51.4 Å². The lowest BCUT2D eigenvalue weighted by atomic mass is 10.1. The van der Waals surface area contributed by atoms with E-state index >= 15 is 0 Å². The maximum atomic E-state index is 12.8. The van der Waals surface area contributed by atoms with Crippen LogP contribution < -0.4 is 11.1 Å². The Balaban J connectivity index is 1.64. The second kappa shape index (κ2) is 11.7. The van der Waals surface area contributed by atoms with Gasteiger partial charge in [0.15, 0.2) is 0 Å². The number of nitrogens with zero attached hydrogens (tertiary/aromatic N) is 1. The highest BCUT2D eigenvalue weighted by Crippen LogP contribution is 2.37. The first-order valence-corrected chi connectivity index (χ1v) is 13.3. The lowest BCUT2D eigenvalue weighted by Gasteiger charge is -2.18. The summed E-state index contributed by atoms with van der Waals surface area (Å²) in [6.45, 7) is 0.238.